The Morgan fingerprint density at radius 2 is 1.89 bits per heavy atom. The Hall–Kier alpha value is -2.24. The first-order valence-electron chi connectivity index (χ1n) is 9.78. The van der Waals surface area contributed by atoms with Gasteiger partial charge in [-0.05, 0) is 36.5 Å². The van der Waals surface area contributed by atoms with Crippen molar-refractivity contribution in [2.24, 2.45) is 11.7 Å². The number of hydrogen-bond acceptors (Lipinski definition) is 4. The van der Waals surface area contributed by atoms with Crippen LogP contribution in [0.25, 0.3) is 0 Å². The fraction of sp³-hybridized carbons (Fsp3) is 0.619. The Bertz CT molecular complexity index is 639. The summed E-state index contributed by atoms with van der Waals surface area (Å²) in [4.78, 5) is 25.8. The summed E-state index contributed by atoms with van der Waals surface area (Å²) >= 11 is 0. The molecule has 0 aliphatic heterocycles. The van der Waals surface area contributed by atoms with Crippen molar-refractivity contribution in [3.05, 3.63) is 23.8 Å². The van der Waals surface area contributed by atoms with Crippen LogP contribution in [0.3, 0.4) is 0 Å². The van der Waals surface area contributed by atoms with Gasteiger partial charge in [0.25, 0.3) is 5.91 Å². The second kappa shape index (κ2) is 10.2. The zero-order valence-corrected chi connectivity index (χ0v) is 16.7. The van der Waals surface area contributed by atoms with Gasteiger partial charge in [0.05, 0.1) is 7.11 Å². The number of rotatable bonds is 9. The van der Waals surface area contributed by atoms with E-state index in [1.165, 1.54) is 19.3 Å². The maximum absolute atomic E-state index is 12.9. The van der Waals surface area contributed by atoms with Crippen molar-refractivity contribution >= 4 is 11.8 Å². The smallest absolute Gasteiger partial charge is 0.255 e. The van der Waals surface area contributed by atoms with Crippen molar-refractivity contribution in [1.29, 1.82) is 0 Å². The summed E-state index contributed by atoms with van der Waals surface area (Å²) in [7, 11) is 1.55. The first-order valence-corrected chi connectivity index (χ1v) is 9.78. The van der Waals surface area contributed by atoms with E-state index < -0.39 is 5.91 Å². The maximum Gasteiger partial charge on any atom is 0.255 e. The van der Waals surface area contributed by atoms with E-state index in [2.05, 4.69) is 13.8 Å². The predicted octanol–water partition coefficient (Wildman–Crippen LogP) is 3.27. The molecule has 0 radical (unpaired) electrons. The lowest BCUT2D eigenvalue weighted by molar-refractivity contribution is -0.135. The standard InChI is InChI=1S/C21H32N2O4/c1-15(2)11-21(25)23(17-7-5-4-6-8-17)13-16-9-10-18(19(12-16)26-3)27-14-20(22)24/h9-10,12,15,17H,4-8,11,13-14H2,1-3H3,(H2,22,24). The van der Waals surface area contributed by atoms with Crippen LogP contribution < -0.4 is 15.2 Å². The van der Waals surface area contributed by atoms with Gasteiger partial charge in [-0.1, -0.05) is 39.2 Å². The molecule has 1 aromatic rings. The van der Waals surface area contributed by atoms with E-state index in [9.17, 15) is 9.59 Å². The Morgan fingerprint density at radius 1 is 1.19 bits per heavy atom. The molecule has 1 aliphatic rings. The molecule has 1 aliphatic carbocycles. The number of benzene rings is 1. The summed E-state index contributed by atoms with van der Waals surface area (Å²) < 4.78 is 10.8. The van der Waals surface area contributed by atoms with Crippen molar-refractivity contribution < 1.29 is 19.1 Å². The fourth-order valence-electron chi connectivity index (χ4n) is 3.56. The molecule has 150 valence electrons. The van der Waals surface area contributed by atoms with Crippen LogP contribution in [0.1, 0.15) is 57.9 Å². The molecular weight excluding hydrogens is 344 g/mol. The highest BCUT2D eigenvalue weighted by molar-refractivity contribution is 5.77. The number of nitrogens with two attached hydrogens (primary N) is 1. The zero-order chi connectivity index (χ0) is 19.8. The van der Waals surface area contributed by atoms with Gasteiger partial charge in [-0.15, -0.1) is 0 Å². The maximum atomic E-state index is 12.9. The Labute approximate surface area is 162 Å². The summed E-state index contributed by atoms with van der Waals surface area (Å²) in [5, 5.41) is 0. The highest BCUT2D eigenvalue weighted by Crippen LogP contribution is 2.30. The molecule has 6 heteroatoms. The van der Waals surface area contributed by atoms with E-state index in [0.717, 1.165) is 18.4 Å². The largest absolute Gasteiger partial charge is 0.493 e. The molecule has 1 fully saturated rings. The van der Waals surface area contributed by atoms with Crippen LogP contribution in [0.5, 0.6) is 11.5 Å². The van der Waals surface area contributed by atoms with E-state index in [4.69, 9.17) is 15.2 Å². The van der Waals surface area contributed by atoms with Crippen LogP contribution >= 0.6 is 0 Å². The molecule has 0 saturated heterocycles. The summed E-state index contributed by atoms with van der Waals surface area (Å²) in [6.45, 7) is 4.51. The third-order valence-electron chi connectivity index (χ3n) is 4.87. The predicted molar refractivity (Wildman–Crippen MR) is 105 cm³/mol. The number of carbonyl (C=O) groups is 2. The first kappa shape index (κ1) is 21.1. The van der Waals surface area contributed by atoms with Crippen molar-refractivity contribution in [3.63, 3.8) is 0 Å². The van der Waals surface area contributed by atoms with Gasteiger partial charge in [-0.3, -0.25) is 9.59 Å². The molecule has 2 amide bonds. The minimum atomic E-state index is -0.538. The van der Waals surface area contributed by atoms with Crippen molar-refractivity contribution in [2.45, 2.75) is 65.0 Å². The Balaban J connectivity index is 2.17. The average molecular weight is 376 g/mol. The average Bonchev–Trinajstić information content (AvgIpc) is 2.64. The third kappa shape index (κ3) is 6.45. The first-order chi connectivity index (χ1) is 12.9. The molecular formula is C21H32N2O4. The molecule has 6 nitrogen and oxygen atoms in total. The highest BCUT2D eigenvalue weighted by Gasteiger charge is 2.26. The molecule has 0 atom stereocenters. The van der Waals surface area contributed by atoms with E-state index in [1.54, 1.807) is 13.2 Å². The molecule has 1 saturated carbocycles. The van der Waals surface area contributed by atoms with Gasteiger partial charge in [0.2, 0.25) is 5.91 Å². The van der Waals surface area contributed by atoms with E-state index in [0.29, 0.717) is 36.4 Å². The monoisotopic (exact) mass is 376 g/mol. The minimum Gasteiger partial charge on any atom is -0.493 e. The second-order valence-electron chi connectivity index (χ2n) is 7.65. The molecule has 0 bridgehead atoms. The van der Waals surface area contributed by atoms with E-state index >= 15 is 0 Å². The van der Waals surface area contributed by atoms with Gasteiger partial charge in [0.1, 0.15) is 0 Å². The van der Waals surface area contributed by atoms with Gasteiger partial charge >= 0.3 is 0 Å². The normalized spacial score (nSPS) is 14.8. The van der Waals surface area contributed by atoms with Crippen molar-refractivity contribution in [3.8, 4) is 11.5 Å². The topological polar surface area (TPSA) is 81.9 Å². The number of primary amides is 1. The molecule has 27 heavy (non-hydrogen) atoms. The number of amides is 2. The van der Waals surface area contributed by atoms with Gasteiger partial charge in [0.15, 0.2) is 18.1 Å². The molecule has 0 aromatic heterocycles. The molecule has 1 aromatic carbocycles. The quantitative estimate of drug-likeness (QED) is 0.717. The van der Waals surface area contributed by atoms with Crippen molar-refractivity contribution in [2.75, 3.05) is 13.7 Å². The SMILES string of the molecule is COc1cc(CN(C(=O)CC(C)C)C2CCCCC2)ccc1OCC(N)=O. The second-order valence-corrected chi connectivity index (χ2v) is 7.65. The molecule has 2 rings (SSSR count). The van der Waals surface area contributed by atoms with Gasteiger partial charge in [-0.25, -0.2) is 0 Å². The summed E-state index contributed by atoms with van der Waals surface area (Å²) in [5.74, 6) is 1.02. The zero-order valence-electron chi connectivity index (χ0n) is 16.7. The highest BCUT2D eigenvalue weighted by atomic mass is 16.5. The number of nitrogens with zero attached hydrogens (tertiary/aromatic N) is 1. The van der Waals surface area contributed by atoms with Crippen LogP contribution in [0.2, 0.25) is 0 Å². The van der Waals surface area contributed by atoms with Crippen LogP contribution in [0.15, 0.2) is 18.2 Å². The van der Waals surface area contributed by atoms with Gasteiger partial charge in [0, 0.05) is 19.0 Å². The van der Waals surface area contributed by atoms with Gasteiger partial charge in [-0.2, -0.15) is 0 Å². The summed E-state index contributed by atoms with van der Waals surface area (Å²) in [6.07, 6.45) is 6.32. The summed E-state index contributed by atoms with van der Waals surface area (Å²) in [5.41, 5.74) is 6.12. The molecule has 0 unspecified atom stereocenters. The van der Waals surface area contributed by atoms with Crippen LogP contribution in [0, 0.1) is 5.92 Å². The lowest BCUT2D eigenvalue weighted by Gasteiger charge is -2.35. The fourth-order valence-corrected chi connectivity index (χ4v) is 3.56. The Morgan fingerprint density at radius 3 is 2.48 bits per heavy atom. The van der Waals surface area contributed by atoms with Crippen LogP contribution in [0.4, 0.5) is 0 Å². The van der Waals surface area contributed by atoms with Crippen LogP contribution in [-0.4, -0.2) is 36.5 Å². The molecule has 2 N–H and O–H groups in total. The van der Waals surface area contributed by atoms with Crippen LogP contribution in [-0.2, 0) is 16.1 Å². The number of methoxy groups -OCH3 is 1. The number of carbonyl (C=O) groups excluding carboxylic acids is 2. The lowest BCUT2D eigenvalue weighted by atomic mass is 9.93. The number of hydrogen-bond donors (Lipinski definition) is 1. The molecule has 0 heterocycles. The third-order valence-corrected chi connectivity index (χ3v) is 4.87. The van der Waals surface area contributed by atoms with Gasteiger partial charge < -0.3 is 20.1 Å². The van der Waals surface area contributed by atoms with Crippen molar-refractivity contribution in [1.82, 2.24) is 4.90 Å². The van der Waals surface area contributed by atoms with E-state index in [1.807, 2.05) is 17.0 Å². The summed E-state index contributed by atoms with van der Waals surface area (Å²) in [6, 6.07) is 5.86. The minimum absolute atomic E-state index is 0.198. The lowest BCUT2D eigenvalue weighted by Crippen LogP contribution is -2.41. The number of ether oxygens (including phenoxy) is 2. The van der Waals surface area contributed by atoms with E-state index in [-0.39, 0.29) is 12.5 Å². The Kier molecular flexibility index (Phi) is 7.95. The molecule has 0 spiro atoms.